The normalized spacial score (nSPS) is 10.8. The highest BCUT2D eigenvalue weighted by atomic mass is 19.1. The molecule has 0 bridgehead atoms. The number of para-hydroxylation sites is 1. The Morgan fingerprint density at radius 2 is 1.91 bits per heavy atom. The molecule has 0 aliphatic heterocycles. The first-order valence-electron chi connectivity index (χ1n) is 7.69. The van der Waals surface area contributed by atoms with E-state index in [4.69, 9.17) is 4.74 Å². The maximum atomic E-state index is 13.3. The van der Waals surface area contributed by atoms with Crippen LogP contribution in [-0.4, -0.2) is 17.5 Å². The van der Waals surface area contributed by atoms with Crippen LogP contribution in [0.5, 0.6) is 5.75 Å². The molecule has 0 aliphatic rings. The Morgan fingerprint density at radius 1 is 1.09 bits per heavy atom. The summed E-state index contributed by atoms with van der Waals surface area (Å²) < 4.78 is 21.0. The number of hydrogen-bond acceptors (Lipinski definition) is 2. The average molecular weight is 311 g/mol. The van der Waals surface area contributed by atoms with Gasteiger partial charge in [0.2, 0.25) is 0 Å². The summed E-state index contributed by atoms with van der Waals surface area (Å²) in [6.45, 7) is 1.42. The first-order chi connectivity index (χ1) is 11.3. The molecule has 1 aromatic heterocycles. The molecule has 0 spiro atoms. The average Bonchev–Trinajstić information content (AvgIpc) is 2.92. The minimum absolute atomic E-state index is 0.324. The van der Waals surface area contributed by atoms with Gasteiger partial charge < -0.3 is 9.30 Å². The predicted molar refractivity (Wildman–Crippen MR) is 88.5 cm³/mol. The van der Waals surface area contributed by atoms with Crippen LogP contribution < -0.4 is 4.74 Å². The molecule has 0 amide bonds. The van der Waals surface area contributed by atoms with Gasteiger partial charge in [0.1, 0.15) is 11.6 Å². The third kappa shape index (κ3) is 3.59. The summed E-state index contributed by atoms with van der Waals surface area (Å²) in [6, 6.07) is 14.3. The topological polar surface area (TPSA) is 31.2 Å². The standard InChI is InChI=1S/C19H18FNO2/c20-16-8-9-19-18(12-16)15(14-22)13-21(19)10-4-5-11-23-17-6-2-1-3-7-17/h1-3,6-9,12-14H,4-5,10-11H2. The number of benzene rings is 2. The van der Waals surface area contributed by atoms with E-state index in [0.29, 0.717) is 17.6 Å². The van der Waals surface area contributed by atoms with Crippen molar-refractivity contribution >= 4 is 17.2 Å². The van der Waals surface area contributed by atoms with Gasteiger partial charge in [-0.1, -0.05) is 18.2 Å². The summed E-state index contributed by atoms with van der Waals surface area (Å²) in [4.78, 5) is 11.1. The quantitative estimate of drug-likeness (QED) is 0.477. The summed E-state index contributed by atoms with van der Waals surface area (Å²) in [5, 5.41) is 0.667. The molecular weight excluding hydrogens is 293 g/mol. The highest BCUT2D eigenvalue weighted by Gasteiger charge is 2.08. The molecule has 3 nitrogen and oxygen atoms in total. The molecule has 0 N–H and O–H groups in total. The van der Waals surface area contributed by atoms with E-state index in [0.717, 1.165) is 36.9 Å². The van der Waals surface area contributed by atoms with E-state index in [1.807, 2.05) is 34.9 Å². The van der Waals surface area contributed by atoms with Gasteiger partial charge in [0.05, 0.1) is 6.61 Å². The van der Waals surface area contributed by atoms with Crippen molar-refractivity contribution in [1.29, 1.82) is 0 Å². The zero-order valence-corrected chi connectivity index (χ0v) is 12.7. The Balaban J connectivity index is 1.58. The minimum Gasteiger partial charge on any atom is -0.494 e. The van der Waals surface area contributed by atoms with Gasteiger partial charge in [-0.25, -0.2) is 4.39 Å². The molecule has 3 aromatic rings. The fourth-order valence-electron chi connectivity index (χ4n) is 2.67. The van der Waals surface area contributed by atoms with Crippen LogP contribution in [0.1, 0.15) is 23.2 Å². The van der Waals surface area contributed by atoms with Crippen molar-refractivity contribution in [2.45, 2.75) is 19.4 Å². The van der Waals surface area contributed by atoms with Crippen LogP contribution in [0.4, 0.5) is 4.39 Å². The third-order valence-corrected chi connectivity index (χ3v) is 3.81. The van der Waals surface area contributed by atoms with E-state index in [-0.39, 0.29) is 5.82 Å². The van der Waals surface area contributed by atoms with E-state index in [9.17, 15) is 9.18 Å². The molecule has 1 heterocycles. The minimum atomic E-state index is -0.324. The number of hydrogen-bond donors (Lipinski definition) is 0. The lowest BCUT2D eigenvalue weighted by molar-refractivity contribution is 0.112. The smallest absolute Gasteiger partial charge is 0.152 e. The highest BCUT2D eigenvalue weighted by molar-refractivity contribution is 5.97. The number of fused-ring (bicyclic) bond motifs is 1. The molecule has 0 radical (unpaired) electrons. The van der Waals surface area contributed by atoms with Crippen LogP contribution >= 0.6 is 0 Å². The van der Waals surface area contributed by atoms with Crippen LogP contribution in [0.25, 0.3) is 10.9 Å². The Hall–Kier alpha value is -2.62. The van der Waals surface area contributed by atoms with Gasteiger partial charge in [0.15, 0.2) is 6.29 Å². The lowest BCUT2D eigenvalue weighted by Crippen LogP contribution is -2.01. The molecule has 2 aromatic carbocycles. The van der Waals surface area contributed by atoms with E-state index in [1.165, 1.54) is 12.1 Å². The van der Waals surface area contributed by atoms with Crippen molar-refractivity contribution in [3.8, 4) is 5.75 Å². The maximum Gasteiger partial charge on any atom is 0.152 e. The van der Waals surface area contributed by atoms with Crippen molar-refractivity contribution in [3.05, 3.63) is 66.1 Å². The molecule has 3 rings (SSSR count). The number of halogens is 1. The lowest BCUT2D eigenvalue weighted by Gasteiger charge is -2.07. The number of carbonyl (C=O) groups is 1. The number of aryl methyl sites for hydroxylation is 1. The van der Waals surface area contributed by atoms with Gasteiger partial charge >= 0.3 is 0 Å². The highest BCUT2D eigenvalue weighted by Crippen LogP contribution is 2.22. The third-order valence-electron chi connectivity index (χ3n) is 3.81. The number of ether oxygens (including phenoxy) is 1. The second-order valence-electron chi connectivity index (χ2n) is 5.43. The monoisotopic (exact) mass is 311 g/mol. The maximum absolute atomic E-state index is 13.3. The first-order valence-corrected chi connectivity index (χ1v) is 7.69. The molecule has 0 fully saturated rings. The van der Waals surface area contributed by atoms with Crippen molar-refractivity contribution < 1.29 is 13.9 Å². The van der Waals surface area contributed by atoms with Crippen molar-refractivity contribution in [2.24, 2.45) is 0 Å². The van der Waals surface area contributed by atoms with Crippen LogP contribution in [0, 0.1) is 5.82 Å². The SMILES string of the molecule is O=Cc1cn(CCCCOc2ccccc2)c2ccc(F)cc12. The molecule has 23 heavy (non-hydrogen) atoms. The molecule has 0 aliphatic carbocycles. The van der Waals surface area contributed by atoms with E-state index < -0.39 is 0 Å². The summed E-state index contributed by atoms with van der Waals surface area (Å²) in [7, 11) is 0. The fraction of sp³-hybridized carbons (Fsp3) is 0.211. The van der Waals surface area contributed by atoms with Crippen LogP contribution in [0.3, 0.4) is 0 Å². The second kappa shape index (κ2) is 7.09. The van der Waals surface area contributed by atoms with Crippen LogP contribution in [-0.2, 0) is 6.54 Å². The fourth-order valence-corrected chi connectivity index (χ4v) is 2.67. The largest absolute Gasteiger partial charge is 0.494 e. The number of aldehydes is 1. The van der Waals surface area contributed by atoms with Crippen molar-refractivity contribution in [2.75, 3.05) is 6.61 Å². The number of unbranched alkanes of at least 4 members (excludes halogenated alkanes) is 1. The van der Waals surface area contributed by atoms with Gasteiger partial charge in [0, 0.05) is 29.2 Å². The summed E-state index contributed by atoms with van der Waals surface area (Å²) in [5.74, 6) is 0.548. The van der Waals surface area contributed by atoms with Gasteiger partial charge in [-0.05, 0) is 43.2 Å². The second-order valence-corrected chi connectivity index (χ2v) is 5.43. The van der Waals surface area contributed by atoms with Crippen LogP contribution in [0.2, 0.25) is 0 Å². The molecular formula is C19H18FNO2. The van der Waals surface area contributed by atoms with Crippen molar-refractivity contribution in [3.63, 3.8) is 0 Å². The van der Waals surface area contributed by atoms with Gasteiger partial charge in [0.25, 0.3) is 0 Å². The Kier molecular flexibility index (Phi) is 4.71. The van der Waals surface area contributed by atoms with E-state index in [2.05, 4.69) is 0 Å². The number of carbonyl (C=O) groups excluding carboxylic acids is 1. The Bertz CT molecular complexity index is 796. The molecule has 0 unspecified atom stereocenters. The van der Waals surface area contributed by atoms with Crippen LogP contribution in [0.15, 0.2) is 54.7 Å². The van der Waals surface area contributed by atoms with E-state index >= 15 is 0 Å². The molecule has 0 atom stereocenters. The zero-order chi connectivity index (χ0) is 16.1. The first kappa shape index (κ1) is 15.3. The number of nitrogens with zero attached hydrogens (tertiary/aromatic N) is 1. The van der Waals surface area contributed by atoms with E-state index in [1.54, 1.807) is 12.3 Å². The number of rotatable bonds is 7. The van der Waals surface area contributed by atoms with Crippen molar-refractivity contribution in [1.82, 2.24) is 4.57 Å². The number of aromatic nitrogens is 1. The molecule has 0 saturated heterocycles. The predicted octanol–water partition coefficient (Wildman–Crippen LogP) is 4.45. The summed E-state index contributed by atoms with van der Waals surface area (Å²) in [5.41, 5.74) is 1.41. The Morgan fingerprint density at radius 3 is 2.70 bits per heavy atom. The van der Waals surface area contributed by atoms with Gasteiger partial charge in [-0.3, -0.25) is 4.79 Å². The molecule has 118 valence electrons. The molecule has 4 heteroatoms. The zero-order valence-electron chi connectivity index (χ0n) is 12.7. The molecule has 0 saturated carbocycles. The Labute approximate surface area is 134 Å². The van der Waals surface area contributed by atoms with Gasteiger partial charge in [-0.2, -0.15) is 0 Å². The van der Waals surface area contributed by atoms with Gasteiger partial charge in [-0.15, -0.1) is 0 Å². The summed E-state index contributed by atoms with van der Waals surface area (Å²) >= 11 is 0. The lowest BCUT2D eigenvalue weighted by atomic mass is 10.2. The summed E-state index contributed by atoms with van der Waals surface area (Å²) in [6.07, 6.45) is 4.39.